The molecule has 1 heterocycles. The summed E-state index contributed by atoms with van der Waals surface area (Å²) in [5.74, 6) is -0.114. The molecule has 1 aliphatic heterocycles. The van der Waals surface area contributed by atoms with E-state index >= 15 is 0 Å². The number of aliphatic imine (C=N–C) groups is 1. The van der Waals surface area contributed by atoms with E-state index < -0.39 is 5.97 Å². The normalized spacial score (nSPS) is 15.1. The quantitative estimate of drug-likeness (QED) is 0.337. The molecule has 0 radical (unpaired) electrons. The van der Waals surface area contributed by atoms with Crippen molar-refractivity contribution in [2.45, 2.75) is 26.6 Å². The second-order valence-electron chi connectivity index (χ2n) is 8.08. The maximum absolute atomic E-state index is 12.6. The van der Waals surface area contributed by atoms with Crippen LogP contribution in [0.3, 0.4) is 0 Å². The van der Waals surface area contributed by atoms with Gasteiger partial charge in [0.2, 0.25) is 0 Å². The predicted octanol–water partition coefficient (Wildman–Crippen LogP) is 5.59. The number of nitrogens with zero attached hydrogens (tertiary/aromatic N) is 2. The van der Waals surface area contributed by atoms with Crippen LogP contribution in [0, 0.1) is 11.3 Å². The van der Waals surface area contributed by atoms with E-state index in [0.717, 1.165) is 11.1 Å². The summed E-state index contributed by atoms with van der Waals surface area (Å²) in [6, 6.07) is 23.5. The highest BCUT2D eigenvalue weighted by atomic mass is 32.2. The summed E-state index contributed by atoms with van der Waals surface area (Å²) < 4.78 is 11.2. The smallest absolute Gasteiger partial charge is 0.338 e. The fourth-order valence-corrected chi connectivity index (χ4v) is 4.20. The number of carbonyl (C=O) groups excluding carboxylic acids is 2. The zero-order valence-electron chi connectivity index (χ0n) is 19.7. The van der Waals surface area contributed by atoms with Crippen LogP contribution in [-0.2, 0) is 16.1 Å². The second-order valence-corrected chi connectivity index (χ2v) is 9.11. The Kier molecular flexibility index (Phi) is 7.83. The van der Waals surface area contributed by atoms with E-state index in [-0.39, 0.29) is 18.6 Å². The van der Waals surface area contributed by atoms with Gasteiger partial charge in [-0.3, -0.25) is 4.79 Å². The molecule has 180 valence electrons. The fraction of sp³-hybridized carbons (Fsp3) is 0.143. The lowest BCUT2D eigenvalue weighted by Crippen LogP contribution is -2.19. The van der Waals surface area contributed by atoms with Gasteiger partial charge >= 0.3 is 5.97 Å². The zero-order valence-corrected chi connectivity index (χ0v) is 20.5. The number of esters is 1. The maximum Gasteiger partial charge on any atom is 0.338 e. The predicted molar refractivity (Wildman–Crippen MR) is 140 cm³/mol. The van der Waals surface area contributed by atoms with E-state index in [1.165, 1.54) is 11.8 Å². The van der Waals surface area contributed by atoms with Crippen LogP contribution in [0.1, 0.15) is 40.9 Å². The Balaban J connectivity index is 1.51. The van der Waals surface area contributed by atoms with E-state index in [4.69, 9.17) is 9.47 Å². The van der Waals surface area contributed by atoms with Crippen LogP contribution in [0.5, 0.6) is 5.75 Å². The molecule has 0 spiro atoms. The Morgan fingerprint density at radius 2 is 1.89 bits per heavy atom. The number of amidine groups is 1. The minimum atomic E-state index is -0.426. The SMILES string of the molecule is CC(C)OC(=O)c1cccc(N=C2NC(=O)C(=Cc3ccccc3OCc3ccccc3C#N)S2)c1. The van der Waals surface area contributed by atoms with Crippen molar-refractivity contribution in [3.8, 4) is 11.8 Å². The number of rotatable bonds is 7. The van der Waals surface area contributed by atoms with Gasteiger partial charge in [0.05, 0.1) is 33.9 Å². The lowest BCUT2D eigenvalue weighted by atomic mass is 10.1. The third-order valence-electron chi connectivity index (χ3n) is 5.03. The van der Waals surface area contributed by atoms with Crippen LogP contribution in [0.2, 0.25) is 0 Å². The summed E-state index contributed by atoms with van der Waals surface area (Å²) in [6.45, 7) is 3.80. The summed E-state index contributed by atoms with van der Waals surface area (Å²) in [5.41, 5.74) is 2.98. The van der Waals surface area contributed by atoms with Gasteiger partial charge < -0.3 is 14.8 Å². The molecule has 0 unspecified atom stereocenters. The van der Waals surface area contributed by atoms with Gasteiger partial charge in [0.25, 0.3) is 5.91 Å². The maximum atomic E-state index is 12.6. The van der Waals surface area contributed by atoms with Crippen molar-refractivity contribution >= 4 is 40.6 Å². The van der Waals surface area contributed by atoms with Crippen molar-refractivity contribution in [1.29, 1.82) is 5.26 Å². The number of hydrogen-bond donors (Lipinski definition) is 1. The van der Waals surface area contributed by atoms with E-state index in [1.807, 2.05) is 42.5 Å². The highest BCUT2D eigenvalue weighted by Gasteiger charge is 2.24. The number of thioether (sulfide) groups is 1. The third kappa shape index (κ3) is 6.20. The number of nitrogens with one attached hydrogen (secondary N) is 1. The van der Waals surface area contributed by atoms with Crippen LogP contribution in [0.25, 0.3) is 6.08 Å². The molecule has 0 aromatic heterocycles. The van der Waals surface area contributed by atoms with Gasteiger partial charge in [-0.05, 0) is 62.0 Å². The van der Waals surface area contributed by atoms with Gasteiger partial charge in [0.15, 0.2) is 5.17 Å². The van der Waals surface area contributed by atoms with Gasteiger partial charge in [0.1, 0.15) is 12.4 Å². The Morgan fingerprint density at radius 3 is 2.69 bits per heavy atom. The topological polar surface area (TPSA) is 101 Å². The molecule has 8 heteroatoms. The lowest BCUT2D eigenvalue weighted by molar-refractivity contribution is -0.115. The molecule has 1 amide bonds. The van der Waals surface area contributed by atoms with E-state index in [2.05, 4.69) is 16.4 Å². The number of benzene rings is 3. The number of nitriles is 1. The number of amides is 1. The Morgan fingerprint density at radius 1 is 1.11 bits per heavy atom. The van der Waals surface area contributed by atoms with Gasteiger partial charge in [0, 0.05) is 11.1 Å². The first kappa shape index (κ1) is 24.8. The summed E-state index contributed by atoms with van der Waals surface area (Å²) in [6.07, 6.45) is 1.52. The van der Waals surface area contributed by atoms with Crippen LogP contribution in [0.15, 0.2) is 82.7 Å². The molecule has 1 fully saturated rings. The molecule has 36 heavy (non-hydrogen) atoms. The van der Waals surface area contributed by atoms with Crippen LogP contribution in [0.4, 0.5) is 5.69 Å². The second kappa shape index (κ2) is 11.4. The Bertz CT molecular complexity index is 1410. The molecule has 7 nitrogen and oxygen atoms in total. The molecule has 1 N–H and O–H groups in total. The fourth-order valence-electron chi connectivity index (χ4n) is 3.37. The molecule has 0 saturated carbocycles. The van der Waals surface area contributed by atoms with Crippen LogP contribution >= 0.6 is 11.8 Å². The third-order valence-corrected chi connectivity index (χ3v) is 5.94. The Hall–Kier alpha value is -4.35. The molecule has 0 atom stereocenters. The lowest BCUT2D eigenvalue weighted by Gasteiger charge is -2.10. The molecule has 3 aromatic rings. The first-order valence-electron chi connectivity index (χ1n) is 11.2. The molecule has 0 bridgehead atoms. The van der Waals surface area contributed by atoms with E-state index in [9.17, 15) is 14.9 Å². The molecule has 0 aliphatic carbocycles. The number of carbonyl (C=O) groups is 2. The van der Waals surface area contributed by atoms with Crippen molar-refractivity contribution in [3.63, 3.8) is 0 Å². The summed E-state index contributed by atoms with van der Waals surface area (Å²) in [5, 5.41) is 12.5. The number of ether oxygens (including phenoxy) is 2. The minimum Gasteiger partial charge on any atom is -0.488 e. The van der Waals surface area contributed by atoms with Crippen molar-refractivity contribution < 1.29 is 19.1 Å². The zero-order chi connectivity index (χ0) is 25.5. The summed E-state index contributed by atoms with van der Waals surface area (Å²) in [4.78, 5) is 29.7. The van der Waals surface area contributed by atoms with Crippen LogP contribution < -0.4 is 10.1 Å². The van der Waals surface area contributed by atoms with Gasteiger partial charge in [-0.25, -0.2) is 9.79 Å². The highest BCUT2D eigenvalue weighted by Crippen LogP contribution is 2.31. The van der Waals surface area contributed by atoms with Crippen molar-refractivity contribution in [1.82, 2.24) is 5.32 Å². The van der Waals surface area contributed by atoms with Gasteiger partial charge in [-0.15, -0.1) is 0 Å². The minimum absolute atomic E-state index is 0.224. The van der Waals surface area contributed by atoms with Gasteiger partial charge in [-0.1, -0.05) is 42.5 Å². The summed E-state index contributed by atoms with van der Waals surface area (Å²) >= 11 is 1.20. The van der Waals surface area contributed by atoms with Crippen molar-refractivity contribution in [2.24, 2.45) is 4.99 Å². The summed E-state index contributed by atoms with van der Waals surface area (Å²) in [7, 11) is 0. The first-order valence-corrected chi connectivity index (χ1v) is 12.0. The van der Waals surface area contributed by atoms with E-state index in [1.54, 1.807) is 50.3 Å². The highest BCUT2D eigenvalue weighted by molar-refractivity contribution is 8.18. The Labute approximate surface area is 213 Å². The van der Waals surface area contributed by atoms with Gasteiger partial charge in [-0.2, -0.15) is 5.26 Å². The average Bonchev–Trinajstić information content (AvgIpc) is 3.21. The molecular weight excluding hydrogens is 474 g/mol. The number of para-hydroxylation sites is 1. The monoisotopic (exact) mass is 497 g/mol. The largest absolute Gasteiger partial charge is 0.488 e. The molecule has 4 rings (SSSR count). The van der Waals surface area contributed by atoms with Crippen molar-refractivity contribution in [3.05, 3.63) is 100.0 Å². The number of hydrogen-bond acceptors (Lipinski definition) is 7. The average molecular weight is 498 g/mol. The van der Waals surface area contributed by atoms with Crippen LogP contribution in [-0.4, -0.2) is 23.1 Å². The molecule has 1 saturated heterocycles. The first-order chi connectivity index (χ1) is 17.4. The molecular formula is C28H23N3O4S. The standard InChI is InChI=1S/C28H23N3O4S/c1-18(2)35-27(33)20-11-7-12-23(14-20)30-28-31-26(32)25(36-28)15-19-8-5-6-13-24(19)34-17-22-10-4-3-9-21(22)16-29/h3-15,18H,17H2,1-2H3,(H,30,31,32). The molecule has 1 aliphatic rings. The molecule has 3 aromatic carbocycles. The van der Waals surface area contributed by atoms with Crippen molar-refractivity contribution in [2.75, 3.05) is 0 Å². The van der Waals surface area contributed by atoms with E-state index in [0.29, 0.717) is 32.6 Å².